The summed E-state index contributed by atoms with van der Waals surface area (Å²) >= 11 is 0. The van der Waals surface area contributed by atoms with E-state index in [1.807, 2.05) is 18.2 Å². The van der Waals surface area contributed by atoms with E-state index in [-0.39, 0.29) is 17.7 Å². The quantitative estimate of drug-likeness (QED) is 0.608. The maximum Gasteiger partial charge on any atom is 0.255 e. The maximum atomic E-state index is 12.7. The van der Waals surface area contributed by atoms with Crippen molar-refractivity contribution in [3.8, 4) is 0 Å². The summed E-state index contributed by atoms with van der Waals surface area (Å²) in [6.07, 6.45) is 2.21. The Labute approximate surface area is 128 Å². The van der Waals surface area contributed by atoms with Crippen LogP contribution in [0.3, 0.4) is 0 Å². The molecule has 0 bridgehead atoms. The SMILES string of the molecule is C=CC[C@@]12c3ccccc3C(=O)N1C[C@@H]1C(=O)N(C)C(=O)[C@@H]12. The average molecular weight is 296 g/mol. The number of rotatable bonds is 2. The van der Waals surface area contributed by atoms with Gasteiger partial charge in [0.25, 0.3) is 5.91 Å². The molecule has 3 aliphatic rings. The van der Waals surface area contributed by atoms with Crippen LogP contribution in [0.1, 0.15) is 22.3 Å². The smallest absolute Gasteiger partial charge is 0.255 e. The monoisotopic (exact) mass is 296 g/mol. The molecule has 3 amide bonds. The van der Waals surface area contributed by atoms with Gasteiger partial charge in [0.05, 0.1) is 17.4 Å². The number of imide groups is 1. The van der Waals surface area contributed by atoms with Crippen molar-refractivity contribution in [1.82, 2.24) is 9.80 Å². The summed E-state index contributed by atoms with van der Waals surface area (Å²) in [5, 5.41) is 0. The summed E-state index contributed by atoms with van der Waals surface area (Å²) in [6.45, 7) is 4.11. The first-order chi connectivity index (χ1) is 10.5. The molecule has 0 unspecified atom stereocenters. The first kappa shape index (κ1) is 13.2. The van der Waals surface area contributed by atoms with Gasteiger partial charge in [-0.1, -0.05) is 24.3 Å². The van der Waals surface area contributed by atoms with Crippen LogP contribution in [0.25, 0.3) is 0 Å². The second kappa shape index (κ2) is 4.06. The summed E-state index contributed by atoms with van der Waals surface area (Å²) < 4.78 is 0. The molecule has 1 aromatic carbocycles. The van der Waals surface area contributed by atoms with Gasteiger partial charge in [0.2, 0.25) is 11.8 Å². The van der Waals surface area contributed by atoms with E-state index in [4.69, 9.17) is 0 Å². The molecular weight excluding hydrogens is 280 g/mol. The molecule has 0 spiro atoms. The molecule has 2 saturated heterocycles. The largest absolute Gasteiger partial charge is 0.327 e. The van der Waals surface area contributed by atoms with Crippen LogP contribution in [-0.4, -0.2) is 41.1 Å². The molecule has 5 nitrogen and oxygen atoms in total. The van der Waals surface area contributed by atoms with Crippen molar-refractivity contribution in [2.75, 3.05) is 13.6 Å². The Balaban J connectivity index is 1.98. The fourth-order valence-corrected chi connectivity index (χ4v) is 4.47. The zero-order valence-corrected chi connectivity index (χ0v) is 12.3. The van der Waals surface area contributed by atoms with E-state index >= 15 is 0 Å². The van der Waals surface area contributed by atoms with Crippen LogP contribution in [0.2, 0.25) is 0 Å². The van der Waals surface area contributed by atoms with Crippen molar-refractivity contribution in [3.05, 3.63) is 48.0 Å². The van der Waals surface area contributed by atoms with Crippen LogP contribution in [0, 0.1) is 11.8 Å². The third-order valence-corrected chi connectivity index (χ3v) is 5.35. The van der Waals surface area contributed by atoms with E-state index < -0.39 is 17.4 Å². The van der Waals surface area contributed by atoms with Gasteiger partial charge in [-0.15, -0.1) is 6.58 Å². The molecule has 0 N–H and O–H groups in total. The molecule has 3 heterocycles. The molecule has 0 saturated carbocycles. The van der Waals surface area contributed by atoms with Crippen molar-refractivity contribution in [3.63, 3.8) is 0 Å². The normalized spacial score (nSPS) is 32.3. The summed E-state index contributed by atoms with van der Waals surface area (Å²) in [4.78, 5) is 40.7. The molecule has 0 radical (unpaired) electrons. The second-order valence-electron chi connectivity index (χ2n) is 6.20. The van der Waals surface area contributed by atoms with E-state index in [0.29, 0.717) is 18.5 Å². The van der Waals surface area contributed by atoms with Crippen molar-refractivity contribution >= 4 is 17.7 Å². The van der Waals surface area contributed by atoms with Crippen LogP contribution >= 0.6 is 0 Å². The van der Waals surface area contributed by atoms with E-state index in [9.17, 15) is 14.4 Å². The lowest BCUT2D eigenvalue weighted by molar-refractivity contribution is -0.140. The molecule has 3 atom stereocenters. The van der Waals surface area contributed by atoms with Gasteiger partial charge in [-0.3, -0.25) is 19.3 Å². The van der Waals surface area contributed by atoms with Gasteiger partial charge in [-0.05, 0) is 18.1 Å². The minimum Gasteiger partial charge on any atom is -0.327 e. The minimum atomic E-state index is -0.752. The van der Waals surface area contributed by atoms with Crippen molar-refractivity contribution < 1.29 is 14.4 Å². The van der Waals surface area contributed by atoms with E-state index in [1.54, 1.807) is 17.0 Å². The topological polar surface area (TPSA) is 57.7 Å². The highest BCUT2D eigenvalue weighted by Gasteiger charge is 2.68. The Morgan fingerprint density at radius 1 is 1.27 bits per heavy atom. The van der Waals surface area contributed by atoms with Crippen LogP contribution in [0.5, 0.6) is 0 Å². The Hall–Kier alpha value is -2.43. The summed E-state index contributed by atoms with van der Waals surface area (Å²) in [5.41, 5.74) is 0.735. The number of carbonyl (C=O) groups excluding carboxylic acids is 3. The van der Waals surface area contributed by atoms with Gasteiger partial charge in [0.15, 0.2) is 0 Å². The summed E-state index contributed by atoms with van der Waals surface area (Å²) in [5.74, 6) is -1.40. The lowest BCUT2D eigenvalue weighted by Gasteiger charge is -2.36. The Kier molecular flexibility index (Phi) is 2.45. The molecule has 4 rings (SSSR count). The minimum absolute atomic E-state index is 0.0879. The standard InChI is InChI=1S/C17H16N2O3/c1-3-8-17-12-7-5-4-6-10(12)15(21)19(17)9-11-13(17)16(22)18(2)14(11)20/h3-7,11,13H,1,8-9H2,2H3/t11-,13+,17-/m0/s1. The third kappa shape index (κ3) is 1.23. The van der Waals surface area contributed by atoms with E-state index in [2.05, 4.69) is 6.58 Å². The predicted molar refractivity (Wildman–Crippen MR) is 78.7 cm³/mol. The molecule has 0 aliphatic carbocycles. The molecule has 3 aliphatic heterocycles. The summed E-state index contributed by atoms with van der Waals surface area (Å²) in [7, 11) is 1.53. The Morgan fingerprint density at radius 2 is 2.00 bits per heavy atom. The highest BCUT2D eigenvalue weighted by atomic mass is 16.2. The van der Waals surface area contributed by atoms with Gasteiger partial charge in [-0.25, -0.2) is 0 Å². The Bertz CT molecular complexity index is 741. The zero-order chi connectivity index (χ0) is 15.6. The number of fused-ring (bicyclic) bond motifs is 5. The number of hydrogen-bond acceptors (Lipinski definition) is 3. The number of amides is 3. The van der Waals surface area contributed by atoms with Crippen LogP contribution in [0.4, 0.5) is 0 Å². The number of nitrogens with zero attached hydrogens (tertiary/aromatic N) is 2. The number of benzene rings is 1. The van der Waals surface area contributed by atoms with Crippen molar-refractivity contribution in [2.24, 2.45) is 11.8 Å². The predicted octanol–water partition coefficient (Wildman–Crippen LogP) is 1.16. The van der Waals surface area contributed by atoms with Gasteiger partial charge in [-0.2, -0.15) is 0 Å². The van der Waals surface area contributed by atoms with Gasteiger partial charge < -0.3 is 4.90 Å². The molecule has 0 aromatic heterocycles. The molecular formula is C17H16N2O3. The second-order valence-corrected chi connectivity index (χ2v) is 6.20. The first-order valence-electron chi connectivity index (χ1n) is 7.38. The molecule has 5 heteroatoms. The molecule has 1 aromatic rings. The van der Waals surface area contributed by atoms with Crippen LogP contribution < -0.4 is 0 Å². The number of carbonyl (C=O) groups is 3. The fourth-order valence-electron chi connectivity index (χ4n) is 4.47. The highest BCUT2D eigenvalue weighted by molar-refractivity contribution is 6.10. The van der Waals surface area contributed by atoms with Crippen LogP contribution in [0.15, 0.2) is 36.9 Å². The average Bonchev–Trinajstić information content (AvgIpc) is 3.05. The zero-order valence-electron chi connectivity index (χ0n) is 12.3. The number of hydrogen-bond donors (Lipinski definition) is 0. The van der Waals surface area contributed by atoms with Gasteiger partial charge in [0, 0.05) is 19.2 Å². The van der Waals surface area contributed by atoms with E-state index in [1.165, 1.54) is 11.9 Å². The lowest BCUT2D eigenvalue weighted by atomic mass is 9.74. The highest BCUT2D eigenvalue weighted by Crippen LogP contribution is 2.56. The molecule has 22 heavy (non-hydrogen) atoms. The summed E-state index contributed by atoms with van der Waals surface area (Å²) in [6, 6.07) is 7.39. The third-order valence-electron chi connectivity index (χ3n) is 5.35. The van der Waals surface area contributed by atoms with Gasteiger partial charge in [0.1, 0.15) is 0 Å². The fraction of sp³-hybridized carbons (Fsp3) is 0.353. The van der Waals surface area contributed by atoms with Crippen molar-refractivity contribution in [2.45, 2.75) is 12.0 Å². The van der Waals surface area contributed by atoms with Crippen LogP contribution in [-0.2, 0) is 15.1 Å². The molecule has 112 valence electrons. The molecule has 2 fully saturated rings. The van der Waals surface area contributed by atoms with Crippen molar-refractivity contribution in [1.29, 1.82) is 0 Å². The maximum absolute atomic E-state index is 12.7. The first-order valence-corrected chi connectivity index (χ1v) is 7.38. The van der Waals surface area contributed by atoms with E-state index in [0.717, 1.165) is 5.56 Å². The lowest BCUT2D eigenvalue weighted by Crippen LogP contribution is -2.46. The number of likely N-dealkylation sites (tertiary alicyclic amines) is 1. The Morgan fingerprint density at radius 3 is 2.73 bits per heavy atom. The van der Waals surface area contributed by atoms with Gasteiger partial charge >= 0.3 is 0 Å².